The third-order valence-corrected chi connectivity index (χ3v) is 5.17. The van der Waals surface area contributed by atoms with Crippen LogP contribution in [-0.2, 0) is 26.7 Å². The molecular formula is C26H37N3O4. The largest absolute Gasteiger partial charge is 0.511 e. The Labute approximate surface area is 197 Å². The van der Waals surface area contributed by atoms with Crippen molar-refractivity contribution in [3.63, 3.8) is 0 Å². The van der Waals surface area contributed by atoms with Gasteiger partial charge in [0.25, 0.3) is 0 Å². The fraction of sp³-hybridized carbons (Fsp3) is 0.500. The fourth-order valence-corrected chi connectivity index (χ4v) is 3.46. The van der Waals surface area contributed by atoms with E-state index in [0.717, 1.165) is 35.4 Å². The van der Waals surface area contributed by atoms with Gasteiger partial charge in [-0.15, -0.1) is 0 Å². The van der Waals surface area contributed by atoms with Crippen molar-refractivity contribution in [1.82, 2.24) is 9.78 Å². The highest BCUT2D eigenvalue weighted by atomic mass is 16.8. The van der Waals surface area contributed by atoms with Gasteiger partial charge in [-0.1, -0.05) is 58.4 Å². The molecule has 7 heteroatoms. The molecule has 7 nitrogen and oxygen atoms in total. The van der Waals surface area contributed by atoms with E-state index in [0.29, 0.717) is 5.76 Å². The number of benzene rings is 1. The predicted molar refractivity (Wildman–Crippen MR) is 132 cm³/mol. The summed E-state index contributed by atoms with van der Waals surface area (Å²) in [5.74, 6) is 0.515. The summed E-state index contributed by atoms with van der Waals surface area (Å²) in [5, 5.41) is 4.44. The Balaban J connectivity index is 2.39. The summed E-state index contributed by atoms with van der Waals surface area (Å²) in [6.45, 7) is 12.0. The number of carbonyl (C=O) groups is 1. The summed E-state index contributed by atoms with van der Waals surface area (Å²) in [7, 11) is 3.55. The fourth-order valence-electron chi connectivity index (χ4n) is 3.46. The lowest BCUT2D eigenvalue weighted by Crippen LogP contribution is -2.17. The van der Waals surface area contributed by atoms with Gasteiger partial charge in [-0.3, -0.25) is 9.67 Å². The molecule has 180 valence electrons. The number of aliphatic imine (C=N–C) groups is 1. The van der Waals surface area contributed by atoms with Gasteiger partial charge in [-0.25, -0.2) is 4.79 Å². The van der Waals surface area contributed by atoms with E-state index in [9.17, 15) is 4.79 Å². The molecule has 0 aliphatic carbocycles. The average Bonchev–Trinajstić information content (AvgIpc) is 3.07. The molecular weight excluding hydrogens is 418 g/mol. The SMILES string of the molecule is CCCC(C)OC(=O)OCO/C(=C(/C=NC)c1ccc(C(C)(C)C)cc1)c1cc(C)nn1C. The second-order valence-electron chi connectivity index (χ2n) is 9.13. The Morgan fingerprint density at radius 3 is 2.39 bits per heavy atom. The van der Waals surface area contributed by atoms with E-state index in [2.05, 4.69) is 43.0 Å². The standard InChI is InChI=1S/C26H37N3O4/c1-9-10-19(3)33-25(30)32-17-31-24(23-15-18(2)28-29(23)8)22(16-27-7)20-11-13-21(14-12-20)26(4,5)6/h11-16,19H,9-10,17H2,1-8H3/b24-22-,27-16?. The highest BCUT2D eigenvalue weighted by Crippen LogP contribution is 2.29. The Bertz CT molecular complexity index is 982. The number of aromatic nitrogens is 2. The first-order chi connectivity index (χ1) is 15.6. The minimum atomic E-state index is -0.753. The molecule has 1 aromatic heterocycles. The van der Waals surface area contributed by atoms with Gasteiger partial charge in [0, 0.05) is 25.9 Å². The van der Waals surface area contributed by atoms with Crippen LogP contribution < -0.4 is 0 Å². The summed E-state index contributed by atoms with van der Waals surface area (Å²) >= 11 is 0. The van der Waals surface area contributed by atoms with Crippen LogP contribution in [-0.4, -0.2) is 42.1 Å². The van der Waals surface area contributed by atoms with Crippen LogP contribution in [0.5, 0.6) is 0 Å². The first kappa shape index (κ1) is 26.2. The van der Waals surface area contributed by atoms with Crippen LogP contribution in [0.25, 0.3) is 11.3 Å². The predicted octanol–water partition coefficient (Wildman–Crippen LogP) is 5.91. The maximum atomic E-state index is 12.0. The lowest BCUT2D eigenvalue weighted by atomic mass is 9.86. The molecule has 0 bridgehead atoms. The third kappa shape index (κ3) is 7.48. The Kier molecular flexibility index (Phi) is 9.26. The number of aryl methyl sites for hydroxylation is 2. The van der Waals surface area contributed by atoms with Crippen LogP contribution in [0.1, 0.15) is 70.0 Å². The van der Waals surface area contributed by atoms with Crippen molar-refractivity contribution in [2.45, 2.75) is 65.9 Å². The second kappa shape index (κ2) is 11.7. The molecule has 0 spiro atoms. The zero-order chi connectivity index (χ0) is 24.6. The molecule has 0 fully saturated rings. The Morgan fingerprint density at radius 1 is 1.21 bits per heavy atom. The van der Waals surface area contributed by atoms with Gasteiger partial charge >= 0.3 is 6.16 Å². The van der Waals surface area contributed by atoms with Crippen LogP contribution in [0.15, 0.2) is 35.3 Å². The summed E-state index contributed by atoms with van der Waals surface area (Å²) in [4.78, 5) is 16.3. The van der Waals surface area contributed by atoms with Gasteiger partial charge in [-0.05, 0) is 42.9 Å². The lowest BCUT2D eigenvalue weighted by Gasteiger charge is -2.20. The maximum Gasteiger partial charge on any atom is 0.511 e. The van der Waals surface area contributed by atoms with Crippen LogP contribution in [0.2, 0.25) is 0 Å². The molecule has 33 heavy (non-hydrogen) atoms. The topological polar surface area (TPSA) is 74.9 Å². The minimum Gasteiger partial charge on any atom is -0.454 e. The van der Waals surface area contributed by atoms with E-state index in [1.165, 1.54) is 5.56 Å². The van der Waals surface area contributed by atoms with E-state index in [-0.39, 0.29) is 18.3 Å². The average molecular weight is 456 g/mol. The highest BCUT2D eigenvalue weighted by Gasteiger charge is 2.19. The molecule has 2 rings (SSSR count). The number of nitrogens with zero attached hydrogens (tertiary/aromatic N) is 3. The molecule has 1 aromatic carbocycles. The van der Waals surface area contributed by atoms with Gasteiger partial charge < -0.3 is 14.2 Å². The molecule has 0 radical (unpaired) electrons. The maximum absolute atomic E-state index is 12.0. The number of carbonyl (C=O) groups excluding carboxylic acids is 1. The molecule has 1 heterocycles. The number of ether oxygens (including phenoxy) is 3. The number of hydrogen-bond acceptors (Lipinski definition) is 6. The van der Waals surface area contributed by atoms with Crippen molar-refractivity contribution in [2.75, 3.05) is 13.8 Å². The first-order valence-electron chi connectivity index (χ1n) is 11.3. The van der Waals surface area contributed by atoms with Gasteiger partial charge in [0.05, 0.1) is 5.69 Å². The summed E-state index contributed by atoms with van der Waals surface area (Å²) in [6, 6.07) is 10.2. The minimum absolute atomic E-state index is 0.0445. The zero-order valence-electron chi connectivity index (χ0n) is 21.1. The molecule has 1 atom stereocenters. The molecule has 0 aliphatic heterocycles. The molecule has 0 N–H and O–H groups in total. The number of rotatable bonds is 9. The van der Waals surface area contributed by atoms with Crippen LogP contribution in [0.4, 0.5) is 4.79 Å². The monoisotopic (exact) mass is 455 g/mol. The van der Waals surface area contributed by atoms with Crippen LogP contribution >= 0.6 is 0 Å². The molecule has 0 saturated carbocycles. The Hall–Kier alpha value is -3.09. The normalized spacial score (nSPS) is 13.6. The van der Waals surface area contributed by atoms with E-state index >= 15 is 0 Å². The molecule has 0 amide bonds. The second-order valence-corrected chi connectivity index (χ2v) is 9.13. The first-order valence-corrected chi connectivity index (χ1v) is 11.3. The zero-order valence-corrected chi connectivity index (χ0v) is 21.1. The van der Waals surface area contributed by atoms with Crippen LogP contribution in [0.3, 0.4) is 0 Å². The van der Waals surface area contributed by atoms with Gasteiger partial charge in [0.2, 0.25) is 6.79 Å². The molecule has 2 aromatic rings. The van der Waals surface area contributed by atoms with E-state index in [4.69, 9.17) is 14.2 Å². The molecule has 1 unspecified atom stereocenters. The third-order valence-electron chi connectivity index (χ3n) is 5.17. The van der Waals surface area contributed by atoms with Crippen molar-refractivity contribution >= 4 is 23.7 Å². The lowest BCUT2D eigenvalue weighted by molar-refractivity contribution is -0.0214. The highest BCUT2D eigenvalue weighted by molar-refractivity contribution is 6.18. The van der Waals surface area contributed by atoms with Crippen LogP contribution in [0, 0.1) is 6.92 Å². The smallest absolute Gasteiger partial charge is 0.454 e. The van der Waals surface area contributed by atoms with E-state index in [1.54, 1.807) is 17.9 Å². The number of hydrogen-bond donors (Lipinski definition) is 0. The van der Waals surface area contributed by atoms with Gasteiger partial charge in [0.1, 0.15) is 11.8 Å². The van der Waals surface area contributed by atoms with Crippen molar-refractivity contribution in [3.8, 4) is 0 Å². The summed E-state index contributed by atoms with van der Waals surface area (Å²) < 4.78 is 18.2. The van der Waals surface area contributed by atoms with Gasteiger partial charge in [0.15, 0.2) is 5.76 Å². The summed E-state index contributed by atoms with van der Waals surface area (Å²) in [5.41, 5.74) is 4.56. The van der Waals surface area contributed by atoms with Crippen molar-refractivity contribution in [2.24, 2.45) is 12.0 Å². The quantitative estimate of drug-likeness (QED) is 0.203. The van der Waals surface area contributed by atoms with Gasteiger partial charge in [-0.2, -0.15) is 5.10 Å². The number of allylic oxidation sites excluding steroid dienone is 1. The summed E-state index contributed by atoms with van der Waals surface area (Å²) in [6.07, 6.45) is 2.48. The van der Waals surface area contributed by atoms with E-state index in [1.807, 2.05) is 46.0 Å². The molecule has 0 saturated heterocycles. The molecule has 0 aliphatic rings. The van der Waals surface area contributed by atoms with Crippen molar-refractivity contribution < 1.29 is 19.0 Å². The van der Waals surface area contributed by atoms with Crippen molar-refractivity contribution in [3.05, 3.63) is 52.8 Å². The Morgan fingerprint density at radius 2 is 1.88 bits per heavy atom. The van der Waals surface area contributed by atoms with E-state index < -0.39 is 6.16 Å². The van der Waals surface area contributed by atoms with Crippen molar-refractivity contribution in [1.29, 1.82) is 0 Å².